The molecule has 0 unspecified atom stereocenters. The van der Waals surface area contributed by atoms with Gasteiger partial charge in [-0.3, -0.25) is 0 Å². The number of halogens is 3. The van der Waals surface area contributed by atoms with Crippen LogP contribution in [0.15, 0.2) is 12.1 Å². The Kier molecular flexibility index (Phi) is 3.81. The van der Waals surface area contributed by atoms with Crippen molar-refractivity contribution in [3.8, 4) is 11.2 Å². The molecule has 0 aliphatic heterocycles. The van der Waals surface area contributed by atoms with Crippen molar-refractivity contribution in [3.05, 3.63) is 29.3 Å². The molecule has 0 saturated heterocycles. The zero-order chi connectivity index (χ0) is 9.84. The first-order valence-electron chi connectivity index (χ1n) is 3.18. The molecule has 0 fully saturated rings. The fourth-order valence-corrected chi connectivity index (χ4v) is 1.22. The Morgan fingerprint density at radius 1 is 1.31 bits per heavy atom. The number of nitrogens with two attached hydrogens (primary N) is 1. The van der Waals surface area contributed by atoms with Crippen molar-refractivity contribution < 1.29 is 8.78 Å². The molecule has 0 atom stereocenters. The predicted molar refractivity (Wildman–Crippen MR) is 59.3 cm³/mol. The Hall–Kier alpha value is -0.480. The van der Waals surface area contributed by atoms with Crippen LogP contribution in [0.1, 0.15) is 5.56 Å². The molecule has 0 saturated carbocycles. The van der Waals surface area contributed by atoms with Crippen LogP contribution in [-0.4, -0.2) is 0 Å². The fourth-order valence-electron chi connectivity index (χ4n) is 0.745. The standard InChI is InChI=1S/C8H4F2INS/c9-6-3-5(1-2-13-11)8(12)4-7(6)10/h3-4H,12H2. The van der Waals surface area contributed by atoms with E-state index < -0.39 is 11.6 Å². The van der Waals surface area contributed by atoms with Crippen LogP contribution < -0.4 is 5.73 Å². The van der Waals surface area contributed by atoms with Gasteiger partial charge in [0.05, 0.1) is 11.3 Å². The first-order chi connectivity index (χ1) is 6.15. The van der Waals surface area contributed by atoms with Gasteiger partial charge >= 0.3 is 0 Å². The molecule has 1 rings (SSSR count). The van der Waals surface area contributed by atoms with E-state index >= 15 is 0 Å². The van der Waals surface area contributed by atoms with Crippen molar-refractivity contribution in [3.63, 3.8) is 0 Å². The van der Waals surface area contributed by atoms with Gasteiger partial charge in [-0.05, 0) is 20.3 Å². The van der Waals surface area contributed by atoms with Gasteiger partial charge in [-0.1, -0.05) is 5.92 Å². The van der Waals surface area contributed by atoms with Crippen LogP contribution in [0.2, 0.25) is 0 Å². The van der Waals surface area contributed by atoms with Crippen molar-refractivity contribution in [1.82, 2.24) is 0 Å². The minimum Gasteiger partial charge on any atom is -0.398 e. The second-order valence-corrected chi connectivity index (χ2v) is 3.84. The van der Waals surface area contributed by atoms with Gasteiger partial charge in [0.15, 0.2) is 11.6 Å². The summed E-state index contributed by atoms with van der Waals surface area (Å²) in [6.45, 7) is 0. The zero-order valence-corrected chi connectivity index (χ0v) is 9.25. The summed E-state index contributed by atoms with van der Waals surface area (Å²) < 4.78 is 25.3. The highest BCUT2D eigenvalue weighted by Crippen LogP contribution is 2.16. The fraction of sp³-hybridized carbons (Fsp3) is 0. The highest BCUT2D eigenvalue weighted by molar-refractivity contribution is 14.2. The molecule has 1 aromatic rings. The molecule has 0 radical (unpaired) electrons. The molecule has 0 bridgehead atoms. The largest absolute Gasteiger partial charge is 0.398 e. The number of anilines is 1. The van der Waals surface area contributed by atoms with Gasteiger partial charge in [0, 0.05) is 27.3 Å². The molecule has 1 aromatic carbocycles. The highest BCUT2D eigenvalue weighted by Gasteiger charge is 2.05. The van der Waals surface area contributed by atoms with E-state index in [1.165, 1.54) is 8.93 Å². The molecule has 0 aliphatic rings. The lowest BCUT2D eigenvalue weighted by molar-refractivity contribution is 0.509. The molecule has 13 heavy (non-hydrogen) atoms. The van der Waals surface area contributed by atoms with Gasteiger partial charge in [-0.2, -0.15) is 0 Å². The molecule has 2 N–H and O–H groups in total. The van der Waals surface area contributed by atoms with Crippen LogP contribution in [-0.2, 0) is 0 Å². The maximum absolute atomic E-state index is 12.7. The van der Waals surface area contributed by atoms with Crippen LogP contribution in [0, 0.1) is 22.8 Å². The summed E-state index contributed by atoms with van der Waals surface area (Å²) in [4.78, 5) is 0. The quantitative estimate of drug-likeness (QED) is 0.453. The molecule has 5 heteroatoms. The normalized spacial score (nSPS) is 9.15. The van der Waals surface area contributed by atoms with E-state index in [0.29, 0.717) is 5.56 Å². The average molecular weight is 311 g/mol. The molecule has 0 amide bonds. The van der Waals surface area contributed by atoms with E-state index in [9.17, 15) is 8.78 Å². The van der Waals surface area contributed by atoms with Crippen molar-refractivity contribution >= 4 is 35.8 Å². The van der Waals surface area contributed by atoms with Gasteiger partial charge in [0.2, 0.25) is 0 Å². The molecule has 0 aromatic heterocycles. The minimum atomic E-state index is -0.954. The third-order valence-corrected chi connectivity index (χ3v) is 2.16. The summed E-state index contributed by atoms with van der Waals surface area (Å²) in [5.41, 5.74) is 5.87. The first kappa shape index (κ1) is 10.6. The molecule has 0 spiro atoms. The van der Waals surface area contributed by atoms with E-state index in [1.54, 1.807) is 0 Å². The smallest absolute Gasteiger partial charge is 0.160 e. The molecule has 1 nitrogen and oxygen atoms in total. The van der Waals surface area contributed by atoms with Gasteiger partial charge < -0.3 is 5.73 Å². The number of hydrogen-bond donors (Lipinski definition) is 1. The van der Waals surface area contributed by atoms with Gasteiger partial charge in [-0.25, -0.2) is 8.78 Å². The Labute approximate surface area is 90.7 Å². The van der Waals surface area contributed by atoms with Crippen LogP contribution in [0.4, 0.5) is 14.5 Å². The van der Waals surface area contributed by atoms with E-state index in [1.807, 2.05) is 21.2 Å². The second-order valence-electron chi connectivity index (χ2n) is 2.16. The van der Waals surface area contributed by atoms with Crippen LogP contribution in [0.5, 0.6) is 0 Å². The zero-order valence-electron chi connectivity index (χ0n) is 6.27. The summed E-state index contributed by atoms with van der Waals surface area (Å²) in [5.74, 6) is 0.718. The molecular formula is C8H4F2INS. The highest BCUT2D eigenvalue weighted by atomic mass is 127. The number of benzene rings is 1. The summed E-state index contributed by atoms with van der Waals surface area (Å²) >= 11 is 1.98. The molecule has 0 aliphatic carbocycles. The minimum absolute atomic E-state index is 0.150. The summed E-state index contributed by atoms with van der Waals surface area (Å²) in [5, 5.41) is 2.64. The third-order valence-electron chi connectivity index (χ3n) is 1.32. The van der Waals surface area contributed by atoms with E-state index in [-0.39, 0.29) is 5.69 Å². The SMILES string of the molecule is Nc1cc(F)c(F)cc1C#CSI. The molecular weight excluding hydrogens is 307 g/mol. The Morgan fingerprint density at radius 2 is 1.92 bits per heavy atom. The molecule has 0 heterocycles. The Morgan fingerprint density at radius 3 is 2.54 bits per heavy atom. The number of hydrogen-bond acceptors (Lipinski definition) is 2. The van der Waals surface area contributed by atoms with Crippen molar-refractivity contribution in [2.45, 2.75) is 0 Å². The van der Waals surface area contributed by atoms with E-state index in [2.05, 4.69) is 11.2 Å². The first-order valence-corrected chi connectivity index (χ1v) is 6.54. The van der Waals surface area contributed by atoms with Crippen LogP contribution >= 0.6 is 30.1 Å². The lowest BCUT2D eigenvalue weighted by Gasteiger charge is -1.98. The lowest BCUT2D eigenvalue weighted by atomic mass is 10.2. The Bertz CT molecular complexity index is 384. The van der Waals surface area contributed by atoms with Crippen molar-refractivity contribution in [2.24, 2.45) is 0 Å². The summed E-state index contributed by atoms with van der Waals surface area (Å²) in [6.07, 6.45) is 0. The lowest BCUT2D eigenvalue weighted by Crippen LogP contribution is -1.94. The predicted octanol–water partition coefficient (Wildman–Crippen LogP) is 2.94. The summed E-state index contributed by atoms with van der Waals surface area (Å²) in [7, 11) is 1.25. The number of rotatable bonds is 0. The molecule has 68 valence electrons. The Balaban J connectivity index is 3.16. The monoisotopic (exact) mass is 311 g/mol. The van der Waals surface area contributed by atoms with Crippen molar-refractivity contribution in [1.29, 1.82) is 0 Å². The van der Waals surface area contributed by atoms with E-state index in [4.69, 9.17) is 5.73 Å². The average Bonchev–Trinajstić information content (AvgIpc) is 2.09. The van der Waals surface area contributed by atoms with Crippen LogP contribution in [0.3, 0.4) is 0 Å². The van der Waals surface area contributed by atoms with E-state index in [0.717, 1.165) is 12.1 Å². The third kappa shape index (κ3) is 2.74. The van der Waals surface area contributed by atoms with Gasteiger partial charge in [0.1, 0.15) is 0 Å². The number of nitrogen functional groups attached to an aromatic ring is 1. The maximum atomic E-state index is 12.7. The van der Waals surface area contributed by atoms with Crippen molar-refractivity contribution in [2.75, 3.05) is 5.73 Å². The van der Waals surface area contributed by atoms with Gasteiger partial charge in [-0.15, -0.1) is 0 Å². The van der Waals surface area contributed by atoms with Gasteiger partial charge in [0.25, 0.3) is 0 Å². The van der Waals surface area contributed by atoms with Crippen LogP contribution in [0.25, 0.3) is 0 Å². The maximum Gasteiger partial charge on any atom is 0.160 e. The second kappa shape index (κ2) is 4.67. The topological polar surface area (TPSA) is 26.0 Å². The summed E-state index contributed by atoms with van der Waals surface area (Å²) in [6, 6.07) is 1.92.